The van der Waals surface area contributed by atoms with Gasteiger partial charge in [0.15, 0.2) is 0 Å². The standard InChI is InChI=1S/C18H27N3O3/c1-14-4-2-6-16(12-14)13-19-18(23)21-10-8-15(9-11-21)5-3-7-17(22)20-24/h2,4,6,12,15,24H,3,5,7-11,13H2,1H3,(H,19,23)(H,20,22). The van der Waals surface area contributed by atoms with E-state index in [1.807, 2.05) is 30.0 Å². The van der Waals surface area contributed by atoms with Crippen LogP contribution >= 0.6 is 0 Å². The number of urea groups is 1. The van der Waals surface area contributed by atoms with Gasteiger partial charge >= 0.3 is 6.03 Å². The van der Waals surface area contributed by atoms with E-state index >= 15 is 0 Å². The number of nitrogens with zero attached hydrogens (tertiary/aromatic N) is 1. The van der Waals surface area contributed by atoms with Crippen LogP contribution in [-0.4, -0.2) is 35.1 Å². The van der Waals surface area contributed by atoms with E-state index in [-0.39, 0.29) is 11.9 Å². The third kappa shape index (κ3) is 5.85. The molecule has 1 aromatic carbocycles. The van der Waals surface area contributed by atoms with Crippen LogP contribution in [0.3, 0.4) is 0 Å². The molecule has 6 nitrogen and oxygen atoms in total. The molecule has 3 amide bonds. The van der Waals surface area contributed by atoms with Crippen LogP contribution in [-0.2, 0) is 11.3 Å². The van der Waals surface area contributed by atoms with E-state index in [0.29, 0.717) is 18.9 Å². The first-order valence-corrected chi connectivity index (χ1v) is 8.59. The predicted molar refractivity (Wildman–Crippen MR) is 91.5 cm³/mol. The van der Waals surface area contributed by atoms with Crippen LogP contribution in [0.5, 0.6) is 0 Å². The minimum Gasteiger partial charge on any atom is -0.334 e. The van der Waals surface area contributed by atoms with Crippen molar-refractivity contribution in [3.63, 3.8) is 0 Å². The summed E-state index contributed by atoms with van der Waals surface area (Å²) in [5.41, 5.74) is 3.96. The van der Waals surface area contributed by atoms with Crippen LogP contribution in [0.4, 0.5) is 4.79 Å². The van der Waals surface area contributed by atoms with Crippen LogP contribution in [0.15, 0.2) is 24.3 Å². The lowest BCUT2D eigenvalue weighted by atomic mass is 9.91. The highest BCUT2D eigenvalue weighted by molar-refractivity contribution is 5.74. The lowest BCUT2D eigenvalue weighted by molar-refractivity contribution is -0.129. The van der Waals surface area contributed by atoms with Crippen molar-refractivity contribution in [3.8, 4) is 0 Å². The van der Waals surface area contributed by atoms with Crippen LogP contribution < -0.4 is 10.8 Å². The van der Waals surface area contributed by atoms with E-state index in [0.717, 1.165) is 44.3 Å². The molecule has 1 fully saturated rings. The molecule has 24 heavy (non-hydrogen) atoms. The highest BCUT2D eigenvalue weighted by Gasteiger charge is 2.22. The Hall–Kier alpha value is -2.08. The van der Waals surface area contributed by atoms with Gasteiger partial charge in [-0.3, -0.25) is 10.0 Å². The largest absolute Gasteiger partial charge is 0.334 e. The van der Waals surface area contributed by atoms with Gasteiger partial charge in [-0.05, 0) is 44.1 Å². The Morgan fingerprint density at radius 2 is 2.04 bits per heavy atom. The average molecular weight is 333 g/mol. The summed E-state index contributed by atoms with van der Waals surface area (Å²) in [6.07, 6.45) is 4.04. The first kappa shape index (κ1) is 18.3. The highest BCUT2D eigenvalue weighted by atomic mass is 16.5. The number of benzene rings is 1. The SMILES string of the molecule is Cc1cccc(CNC(=O)N2CCC(CCCC(=O)NO)CC2)c1. The average Bonchev–Trinajstić information content (AvgIpc) is 2.60. The molecule has 0 atom stereocenters. The number of aryl methyl sites for hydroxylation is 1. The number of hydrogen-bond acceptors (Lipinski definition) is 3. The smallest absolute Gasteiger partial charge is 0.317 e. The van der Waals surface area contributed by atoms with Crippen molar-refractivity contribution in [2.45, 2.75) is 45.6 Å². The number of likely N-dealkylation sites (tertiary alicyclic amines) is 1. The van der Waals surface area contributed by atoms with Gasteiger partial charge in [-0.15, -0.1) is 0 Å². The number of amides is 3. The zero-order chi connectivity index (χ0) is 17.4. The van der Waals surface area contributed by atoms with Crippen molar-refractivity contribution >= 4 is 11.9 Å². The van der Waals surface area contributed by atoms with Gasteiger partial charge in [0.25, 0.3) is 0 Å². The molecule has 0 radical (unpaired) electrons. The van der Waals surface area contributed by atoms with Gasteiger partial charge in [0.1, 0.15) is 0 Å². The second kappa shape index (κ2) is 9.27. The van der Waals surface area contributed by atoms with Gasteiger partial charge in [0.2, 0.25) is 5.91 Å². The van der Waals surface area contributed by atoms with Crippen LogP contribution in [0, 0.1) is 12.8 Å². The number of hydrogen-bond donors (Lipinski definition) is 3. The van der Waals surface area contributed by atoms with Gasteiger partial charge in [0.05, 0.1) is 0 Å². The van der Waals surface area contributed by atoms with E-state index in [1.165, 1.54) is 5.56 Å². The fraction of sp³-hybridized carbons (Fsp3) is 0.556. The van der Waals surface area contributed by atoms with E-state index in [4.69, 9.17) is 5.21 Å². The maximum Gasteiger partial charge on any atom is 0.317 e. The number of rotatable bonds is 6. The third-order valence-electron chi connectivity index (χ3n) is 4.57. The Morgan fingerprint density at radius 3 is 2.71 bits per heavy atom. The molecule has 0 unspecified atom stereocenters. The maximum atomic E-state index is 12.2. The summed E-state index contributed by atoms with van der Waals surface area (Å²) in [5, 5.41) is 11.4. The molecule has 3 N–H and O–H groups in total. The molecular formula is C18H27N3O3. The van der Waals surface area contributed by atoms with E-state index < -0.39 is 0 Å². The fourth-order valence-corrected chi connectivity index (χ4v) is 3.14. The zero-order valence-electron chi connectivity index (χ0n) is 14.3. The molecule has 2 rings (SSSR count). The lowest BCUT2D eigenvalue weighted by Crippen LogP contribution is -2.44. The van der Waals surface area contributed by atoms with Crippen molar-refractivity contribution in [3.05, 3.63) is 35.4 Å². The Morgan fingerprint density at radius 1 is 1.29 bits per heavy atom. The summed E-state index contributed by atoms with van der Waals surface area (Å²) < 4.78 is 0. The van der Waals surface area contributed by atoms with Gasteiger partial charge in [-0.1, -0.05) is 29.8 Å². The summed E-state index contributed by atoms with van der Waals surface area (Å²) in [7, 11) is 0. The number of carbonyl (C=O) groups excluding carboxylic acids is 2. The third-order valence-corrected chi connectivity index (χ3v) is 4.57. The summed E-state index contributed by atoms with van der Waals surface area (Å²) >= 11 is 0. The molecule has 1 heterocycles. The summed E-state index contributed by atoms with van der Waals surface area (Å²) in [6, 6.07) is 8.13. The number of carbonyl (C=O) groups is 2. The topological polar surface area (TPSA) is 81.7 Å². The monoisotopic (exact) mass is 333 g/mol. The van der Waals surface area contributed by atoms with E-state index in [1.54, 1.807) is 5.48 Å². The Kier molecular flexibility index (Phi) is 7.06. The summed E-state index contributed by atoms with van der Waals surface area (Å²) in [6.45, 7) is 4.12. The number of nitrogens with one attached hydrogen (secondary N) is 2. The lowest BCUT2D eigenvalue weighted by Gasteiger charge is -2.32. The van der Waals surface area contributed by atoms with Crippen LogP contribution in [0.25, 0.3) is 0 Å². The quantitative estimate of drug-likeness (QED) is 0.553. The molecule has 0 saturated carbocycles. The second-order valence-corrected chi connectivity index (χ2v) is 6.51. The molecule has 132 valence electrons. The minimum atomic E-state index is -0.331. The van der Waals surface area contributed by atoms with Crippen molar-refractivity contribution in [1.82, 2.24) is 15.7 Å². The van der Waals surface area contributed by atoms with Crippen molar-refractivity contribution < 1.29 is 14.8 Å². The number of hydroxylamine groups is 1. The molecule has 0 aliphatic carbocycles. The molecule has 0 aromatic heterocycles. The van der Waals surface area contributed by atoms with Crippen molar-refractivity contribution in [1.29, 1.82) is 0 Å². The molecular weight excluding hydrogens is 306 g/mol. The molecule has 1 aromatic rings. The first-order chi connectivity index (χ1) is 11.6. The van der Waals surface area contributed by atoms with Crippen LogP contribution in [0.2, 0.25) is 0 Å². The first-order valence-electron chi connectivity index (χ1n) is 8.59. The molecule has 1 aliphatic heterocycles. The minimum absolute atomic E-state index is 0.00499. The van der Waals surface area contributed by atoms with E-state index in [9.17, 15) is 9.59 Å². The summed E-state index contributed by atoms with van der Waals surface area (Å²) in [5.74, 6) is 0.222. The van der Waals surface area contributed by atoms with E-state index in [2.05, 4.69) is 11.4 Å². The van der Waals surface area contributed by atoms with Crippen molar-refractivity contribution in [2.75, 3.05) is 13.1 Å². The van der Waals surface area contributed by atoms with Gasteiger partial charge < -0.3 is 10.2 Å². The van der Waals surface area contributed by atoms with Gasteiger partial charge in [0, 0.05) is 26.1 Å². The maximum absolute atomic E-state index is 12.2. The Bertz CT molecular complexity index is 554. The predicted octanol–water partition coefficient (Wildman–Crippen LogP) is 2.59. The molecule has 0 spiro atoms. The number of piperidine rings is 1. The molecule has 0 bridgehead atoms. The highest BCUT2D eigenvalue weighted by Crippen LogP contribution is 2.22. The molecule has 1 aliphatic rings. The van der Waals surface area contributed by atoms with Gasteiger partial charge in [-0.2, -0.15) is 0 Å². The summed E-state index contributed by atoms with van der Waals surface area (Å²) in [4.78, 5) is 25.1. The Balaban J connectivity index is 1.66. The second-order valence-electron chi connectivity index (χ2n) is 6.51. The molecule has 6 heteroatoms. The fourth-order valence-electron chi connectivity index (χ4n) is 3.14. The van der Waals surface area contributed by atoms with Crippen LogP contribution in [0.1, 0.15) is 43.2 Å². The van der Waals surface area contributed by atoms with Crippen molar-refractivity contribution in [2.24, 2.45) is 5.92 Å². The Labute approximate surface area is 143 Å². The normalized spacial score (nSPS) is 15.2. The van der Waals surface area contributed by atoms with Gasteiger partial charge in [-0.25, -0.2) is 10.3 Å². The molecule has 1 saturated heterocycles. The zero-order valence-corrected chi connectivity index (χ0v) is 14.3.